The molecule has 0 fully saturated rings. The van der Waals surface area contributed by atoms with Crippen molar-refractivity contribution in [2.24, 2.45) is 0 Å². The molecule has 5 heteroatoms. The predicted octanol–water partition coefficient (Wildman–Crippen LogP) is 1.93. The quantitative estimate of drug-likeness (QED) is 0.615. The number of imidazole rings is 1. The molecule has 0 saturated heterocycles. The molecule has 2 heterocycles. The summed E-state index contributed by atoms with van der Waals surface area (Å²) in [5, 5.41) is 0. The Bertz CT molecular complexity index is 645. The zero-order chi connectivity index (χ0) is 12.9. The van der Waals surface area contributed by atoms with Gasteiger partial charge < -0.3 is 15.0 Å². The maximum absolute atomic E-state index is 11.1. The average molecular weight is 245 g/mol. The van der Waals surface area contributed by atoms with Gasteiger partial charge in [0, 0.05) is 19.9 Å². The van der Waals surface area contributed by atoms with Crippen molar-refractivity contribution in [2.75, 3.05) is 5.73 Å². The van der Waals surface area contributed by atoms with Crippen LogP contribution in [0, 0.1) is 6.92 Å². The van der Waals surface area contributed by atoms with Crippen LogP contribution >= 0.6 is 0 Å². The third kappa shape index (κ3) is 1.47. The first-order chi connectivity index (χ1) is 8.58. The van der Waals surface area contributed by atoms with Crippen LogP contribution in [-0.2, 0) is 16.1 Å². The van der Waals surface area contributed by atoms with E-state index in [4.69, 9.17) is 10.5 Å². The highest BCUT2D eigenvalue weighted by molar-refractivity contribution is 5.89. The van der Waals surface area contributed by atoms with E-state index in [2.05, 4.69) is 9.55 Å². The van der Waals surface area contributed by atoms with E-state index >= 15 is 0 Å². The number of hydrogen-bond donors (Lipinski definition) is 1. The number of nitrogen functional groups attached to an aromatic ring is 1. The fourth-order valence-electron chi connectivity index (χ4n) is 2.50. The summed E-state index contributed by atoms with van der Waals surface area (Å²) in [6, 6.07) is 4.01. The SMILES string of the molecule is CC(=O)OC1CCn2c1nc1c(N)c(C)ccc12. The molecule has 1 atom stereocenters. The molecule has 5 nitrogen and oxygen atoms in total. The van der Waals surface area contributed by atoms with E-state index < -0.39 is 0 Å². The molecule has 3 rings (SSSR count). The van der Waals surface area contributed by atoms with Gasteiger partial charge in [-0.05, 0) is 18.6 Å². The van der Waals surface area contributed by atoms with Crippen LogP contribution < -0.4 is 5.73 Å². The summed E-state index contributed by atoms with van der Waals surface area (Å²) in [5.74, 6) is 0.530. The van der Waals surface area contributed by atoms with Gasteiger partial charge in [-0.25, -0.2) is 4.98 Å². The molecular formula is C13H15N3O2. The molecule has 1 aromatic carbocycles. The maximum atomic E-state index is 11.1. The van der Waals surface area contributed by atoms with Gasteiger partial charge in [0.05, 0.1) is 11.2 Å². The number of aromatic nitrogens is 2. The second kappa shape index (κ2) is 3.73. The number of rotatable bonds is 1. The van der Waals surface area contributed by atoms with Crippen LogP contribution in [0.4, 0.5) is 5.69 Å². The van der Waals surface area contributed by atoms with Crippen LogP contribution in [0.5, 0.6) is 0 Å². The summed E-state index contributed by atoms with van der Waals surface area (Å²) in [6.07, 6.45) is 0.542. The highest BCUT2D eigenvalue weighted by atomic mass is 16.5. The van der Waals surface area contributed by atoms with Crippen molar-refractivity contribution in [3.05, 3.63) is 23.5 Å². The molecule has 0 spiro atoms. The highest BCUT2D eigenvalue weighted by Crippen LogP contribution is 2.34. The number of carbonyl (C=O) groups is 1. The molecule has 0 aliphatic carbocycles. The number of esters is 1. The number of hydrogen-bond acceptors (Lipinski definition) is 4. The number of carbonyl (C=O) groups excluding carboxylic acids is 1. The third-order valence-corrected chi connectivity index (χ3v) is 3.42. The van der Waals surface area contributed by atoms with Crippen molar-refractivity contribution in [3.63, 3.8) is 0 Å². The van der Waals surface area contributed by atoms with Gasteiger partial charge in [0.15, 0.2) is 11.9 Å². The van der Waals surface area contributed by atoms with Gasteiger partial charge in [0.25, 0.3) is 0 Å². The normalized spacial score (nSPS) is 18.0. The van der Waals surface area contributed by atoms with Gasteiger partial charge in [-0.3, -0.25) is 4.79 Å². The molecule has 1 aliphatic heterocycles. The minimum absolute atomic E-state index is 0.241. The average Bonchev–Trinajstić information content (AvgIpc) is 2.84. The van der Waals surface area contributed by atoms with E-state index in [0.717, 1.165) is 35.4 Å². The summed E-state index contributed by atoms with van der Waals surface area (Å²) < 4.78 is 7.36. The molecule has 1 aliphatic rings. The molecule has 94 valence electrons. The zero-order valence-electron chi connectivity index (χ0n) is 10.4. The number of aryl methyl sites for hydroxylation is 2. The first-order valence-electron chi connectivity index (χ1n) is 6.00. The van der Waals surface area contributed by atoms with Gasteiger partial charge in [-0.1, -0.05) is 6.07 Å². The Kier molecular flexibility index (Phi) is 2.29. The number of benzene rings is 1. The number of ether oxygens (including phenoxy) is 1. The molecule has 2 aromatic rings. The lowest BCUT2D eigenvalue weighted by Gasteiger charge is -2.07. The third-order valence-electron chi connectivity index (χ3n) is 3.42. The van der Waals surface area contributed by atoms with Crippen molar-refractivity contribution < 1.29 is 9.53 Å². The summed E-state index contributed by atoms with van der Waals surface area (Å²) in [6.45, 7) is 4.19. The van der Waals surface area contributed by atoms with E-state index in [1.54, 1.807) is 0 Å². The Balaban J connectivity index is 2.15. The summed E-state index contributed by atoms with van der Waals surface area (Å²) in [4.78, 5) is 15.6. The molecule has 0 bridgehead atoms. The predicted molar refractivity (Wildman–Crippen MR) is 68.0 cm³/mol. The largest absolute Gasteiger partial charge is 0.454 e. The second-order valence-corrected chi connectivity index (χ2v) is 4.67. The Morgan fingerprint density at radius 1 is 1.56 bits per heavy atom. The molecular weight excluding hydrogens is 230 g/mol. The molecule has 0 saturated carbocycles. The Morgan fingerprint density at radius 3 is 3.06 bits per heavy atom. The standard InChI is InChI=1S/C13H15N3O2/c1-7-3-4-9-12(11(7)14)15-13-10(18-8(2)17)5-6-16(9)13/h3-4,10H,5-6,14H2,1-2H3. The molecule has 1 aromatic heterocycles. The Morgan fingerprint density at radius 2 is 2.33 bits per heavy atom. The molecule has 2 N–H and O–H groups in total. The monoisotopic (exact) mass is 245 g/mol. The smallest absolute Gasteiger partial charge is 0.303 e. The number of anilines is 1. The van der Waals surface area contributed by atoms with Crippen molar-refractivity contribution in [1.29, 1.82) is 0 Å². The van der Waals surface area contributed by atoms with Gasteiger partial charge in [0.1, 0.15) is 5.52 Å². The van der Waals surface area contributed by atoms with Crippen LogP contribution in [-0.4, -0.2) is 15.5 Å². The van der Waals surface area contributed by atoms with Crippen LogP contribution in [0.25, 0.3) is 11.0 Å². The lowest BCUT2D eigenvalue weighted by Crippen LogP contribution is -2.06. The number of nitrogens with zero attached hydrogens (tertiary/aromatic N) is 2. The van der Waals surface area contributed by atoms with Gasteiger partial charge in [-0.15, -0.1) is 0 Å². The molecule has 18 heavy (non-hydrogen) atoms. The second-order valence-electron chi connectivity index (χ2n) is 4.67. The van der Waals surface area contributed by atoms with Crippen LogP contribution in [0.2, 0.25) is 0 Å². The van der Waals surface area contributed by atoms with Crippen LogP contribution in [0.3, 0.4) is 0 Å². The Hall–Kier alpha value is -2.04. The van der Waals surface area contributed by atoms with Crippen molar-refractivity contribution in [2.45, 2.75) is 32.9 Å². The van der Waals surface area contributed by atoms with Gasteiger partial charge in [0.2, 0.25) is 0 Å². The zero-order valence-corrected chi connectivity index (χ0v) is 10.4. The lowest BCUT2D eigenvalue weighted by molar-refractivity contribution is -0.146. The van der Waals surface area contributed by atoms with E-state index in [9.17, 15) is 4.79 Å². The van der Waals surface area contributed by atoms with Crippen molar-refractivity contribution in [3.8, 4) is 0 Å². The van der Waals surface area contributed by atoms with Crippen LogP contribution in [0.15, 0.2) is 12.1 Å². The first-order valence-corrected chi connectivity index (χ1v) is 6.00. The number of fused-ring (bicyclic) bond motifs is 3. The number of nitrogens with two attached hydrogens (primary N) is 1. The minimum Gasteiger partial charge on any atom is -0.454 e. The summed E-state index contributed by atoms with van der Waals surface area (Å²) in [5.41, 5.74) is 9.59. The highest BCUT2D eigenvalue weighted by Gasteiger charge is 2.29. The van der Waals surface area contributed by atoms with Crippen molar-refractivity contribution >= 4 is 22.7 Å². The van der Waals surface area contributed by atoms with E-state index in [1.807, 2.05) is 19.1 Å². The summed E-state index contributed by atoms with van der Waals surface area (Å²) >= 11 is 0. The molecule has 1 unspecified atom stereocenters. The fraction of sp³-hybridized carbons (Fsp3) is 0.385. The topological polar surface area (TPSA) is 70.1 Å². The van der Waals surface area contributed by atoms with Crippen LogP contribution in [0.1, 0.15) is 30.8 Å². The lowest BCUT2D eigenvalue weighted by atomic mass is 10.2. The van der Waals surface area contributed by atoms with Gasteiger partial charge >= 0.3 is 5.97 Å². The fourth-order valence-corrected chi connectivity index (χ4v) is 2.50. The van der Waals surface area contributed by atoms with Gasteiger partial charge in [-0.2, -0.15) is 0 Å². The minimum atomic E-state index is -0.273. The van der Waals surface area contributed by atoms with E-state index in [1.165, 1.54) is 6.92 Å². The Labute approximate surface area is 105 Å². The van der Waals surface area contributed by atoms with E-state index in [0.29, 0.717) is 5.69 Å². The maximum Gasteiger partial charge on any atom is 0.303 e. The van der Waals surface area contributed by atoms with Crippen molar-refractivity contribution in [1.82, 2.24) is 9.55 Å². The first kappa shape index (κ1) is 11.1. The molecule has 0 radical (unpaired) electrons. The summed E-state index contributed by atoms with van der Waals surface area (Å²) in [7, 11) is 0. The van der Waals surface area contributed by atoms with E-state index in [-0.39, 0.29) is 12.1 Å². The molecule has 0 amide bonds.